The molecule has 0 aromatic rings. The number of rotatable bonds is 3. The Kier molecular flexibility index (Phi) is 33.9. The molecule has 0 aromatic heterocycles. The van der Waals surface area contributed by atoms with Gasteiger partial charge >= 0.3 is 26.2 Å². The average molecular weight is 479 g/mol. The Morgan fingerprint density at radius 1 is 1.05 bits per heavy atom. The molecule has 1 aliphatic rings. The summed E-state index contributed by atoms with van der Waals surface area (Å²) >= 11 is 2.62. The van der Waals surface area contributed by atoms with Gasteiger partial charge in [-0.1, -0.05) is 29.0 Å². The van der Waals surface area contributed by atoms with E-state index in [1.54, 1.807) is 28.2 Å². The van der Waals surface area contributed by atoms with E-state index in [9.17, 15) is 0 Å². The molecule has 3 nitrogen and oxygen atoms in total. The van der Waals surface area contributed by atoms with Crippen LogP contribution in [0.1, 0.15) is 19.3 Å². The van der Waals surface area contributed by atoms with Gasteiger partial charge in [0.05, 0.1) is 0 Å². The van der Waals surface area contributed by atoms with E-state index in [0.29, 0.717) is 0 Å². The SMILES string of the molecule is C[N-]C.C[N-]C.C[N-]CP(C)C1CCCC1I.[CH3-].[Zr+4]. The summed E-state index contributed by atoms with van der Waals surface area (Å²) in [5.74, 6) is 0. The largest absolute Gasteiger partial charge is 4.00 e. The molecule has 1 rings (SSSR count). The van der Waals surface area contributed by atoms with E-state index < -0.39 is 0 Å². The van der Waals surface area contributed by atoms with Gasteiger partial charge in [0, 0.05) is 3.92 Å². The molecule has 1 aliphatic carbocycles. The second kappa shape index (κ2) is 22.2. The van der Waals surface area contributed by atoms with Crippen molar-refractivity contribution in [3.8, 4) is 0 Å². The molecule has 0 N–H and O–H groups in total. The van der Waals surface area contributed by atoms with Crippen molar-refractivity contribution in [1.82, 2.24) is 0 Å². The van der Waals surface area contributed by atoms with Crippen molar-refractivity contribution >= 4 is 30.5 Å². The van der Waals surface area contributed by atoms with Crippen molar-refractivity contribution in [3.63, 3.8) is 0 Å². The van der Waals surface area contributed by atoms with Gasteiger partial charge in [0.2, 0.25) is 0 Å². The van der Waals surface area contributed by atoms with E-state index in [-0.39, 0.29) is 41.6 Å². The standard InChI is InChI=1S/C8H16INP.2C2H6N.CH3.Zr/c1-10-6-11(2)8-5-3-4-7(8)9;2*1-3-2;;/h7-8H,3-6H2,1-2H3;2*1-2H3;1H3;/q4*-1;+4. The van der Waals surface area contributed by atoms with Crippen LogP contribution in [0.5, 0.6) is 0 Å². The fourth-order valence-electron chi connectivity index (χ4n) is 1.72. The van der Waals surface area contributed by atoms with Gasteiger partial charge in [-0.2, -0.15) is 35.2 Å². The van der Waals surface area contributed by atoms with E-state index >= 15 is 0 Å². The van der Waals surface area contributed by atoms with Gasteiger partial charge in [-0.15, -0.1) is 14.2 Å². The van der Waals surface area contributed by atoms with Crippen LogP contribution in [0.15, 0.2) is 0 Å². The van der Waals surface area contributed by atoms with Crippen LogP contribution in [-0.4, -0.2) is 57.8 Å². The first-order valence-corrected chi connectivity index (χ1v) is 9.23. The van der Waals surface area contributed by atoms with Gasteiger partial charge in [0.15, 0.2) is 0 Å². The molecule has 0 bridgehead atoms. The second-order valence-corrected chi connectivity index (χ2v) is 8.18. The van der Waals surface area contributed by atoms with Crippen LogP contribution in [0.25, 0.3) is 16.0 Å². The summed E-state index contributed by atoms with van der Waals surface area (Å²) in [4.78, 5) is 0. The van der Waals surface area contributed by atoms with Crippen molar-refractivity contribution in [2.45, 2.75) is 28.8 Å². The summed E-state index contributed by atoms with van der Waals surface area (Å²) in [6.07, 6.45) is 5.49. The summed E-state index contributed by atoms with van der Waals surface area (Å²) < 4.78 is 0.950. The quantitative estimate of drug-likeness (QED) is 0.234. The molecule has 114 valence electrons. The summed E-state index contributed by atoms with van der Waals surface area (Å²) in [5, 5.41) is 11.2. The second-order valence-electron chi connectivity index (χ2n) is 4.12. The molecule has 0 radical (unpaired) electrons. The smallest absolute Gasteiger partial charge is 0.668 e. The molecule has 19 heavy (non-hydrogen) atoms. The summed E-state index contributed by atoms with van der Waals surface area (Å²) in [7, 11) is 9.15. The fraction of sp³-hybridized carbons (Fsp3) is 0.923. The maximum absolute atomic E-state index is 4.24. The minimum atomic E-state index is 0. The van der Waals surface area contributed by atoms with E-state index in [1.165, 1.54) is 19.3 Å². The molecule has 0 saturated heterocycles. The Morgan fingerprint density at radius 3 is 1.74 bits per heavy atom. The summed E-state index contributed by atoms with van der Waals surface area (Å²) in [5.41, 5.74) is 1.01. The Morgan fingerprint density at radius 2 is 1.47 bits per heavy atom. The topological polar surface area (TPSA) is 42.3 Å². The Balaban J connectivity index is -0.000000122. The Bertz CT molecular complexity index is 154. The molecular weight excluding hydrogens is 447 g/mol. The maximum Gasteiger partial charge on any atom is 4.00 e. The van der Waals surface area contributed by atoms with Gasteiger partial charge in [-0.05, 0) is 25.2 Å². The van der Waals surface area contributed by atoms with E-state index in [1.807, 2.05) is 7.05 Å². The average Bonchev–Trinajstić information content (AvgIpc) is 2.67. The van der Waals surface area contributed by atoms with Crippen LogP contribution < -0.4 is 0 Å². The zero-order chi connectivity index (χ0) is 13.7. The van der Waals surface area contributed by atoms with Crippen LogP contribution in [0.2, 0.25) is 0 Å². The predicted octanol–water partition coefficient (Wildman–Crippen LogP) is 5.10. The third-order valence-electron chi connectivity index (χ3n) is 2.33. The third kappa shape index (κ3) is 17.9. The van der Waals surface area contributed by atoms with E-state index in [4.69, 9.17) is 0 Å². The van der Waals surface area contributed by atoms with Crippen LogP contribution in [-0.2, 0) is 26.2 Å². The fourth-order valence-corrected chi connectivity index (χ4v) is 6.15. The minimum Gasteiger partial charge on any atom is -0.668 e. The molecule has 6 heteroatoms. The first-order valence-electron chi connectivity index (χ1n) is 5.94. The van der Waals surface area contributed by atoms with Crippen molar-refractivity contribution < 1.29 is 26.2 Å². The van der Waals surface area contributed by atoms with Gasteiger partial charge in [0.25, 0.3) is 0 Å². The zero-order valence-corrected chi connectivity index (χ0v) is 19.2. The molecule has 0 aromatic carbocycles. The monoisotopic (exact) mass is 477 g/mol. The molecule has 0 spiro atoms. The van der Waals surface area contributed by atoms with Crippen molar-refractivity contribution in [1.29, 1.82) is 0 Å². The third-order valence-corrected chi connectivity index (χ3v) is 6.87. The van der Waals surface area contributed by atoms with Gasteiger partial charge in [0.1, 0.15) is 0 Å². The van der Waals surface area contributed by atoms with Crippen LogP contribution in [0.4, 0.5) is 0 Å². The van der Waals surface area contributed by atoms with Crippen molar-refractivity contribution in [2.24, 2.45) is 0 Å². The number of hydrogen-bond acceptors (Lipinski definition) is 0. The Labute approximate surface area is 156 Å². The number of alkyl halides is 1. The minimum absolute atomic E-state index is 0. The molecule has 1 fully saturated rings. The van der Waals surface area contributed by atoms with Gasteiger partial charge < -0.3 is 23.4 Å². The number of nitrogens with zero attached hydrogens (tertiary/aromatic N) is 3. The molecule has 0 amide bonds. The molecule has 0 heterocycles. The maximum atomic E-state index is 4.24. The Hall–Kier alpha value is 1.92. The normalized spacial score (nSPS) is 21.6. The van der Waals surface area contributed by atoms with Crippen molar-refractivity contribution in [3.05, 3.63) is 23.4 Å². The van der Waals surface area contributed by atoms with E-state index in [0.717, 1.165) is 15.9 Å². The van der Waals surface area contributed by atoms with E-state index in [2.05, 4.69) is 45.2 Å². The molecule has 0 aliphatic heterocycles. The molecule has 3 atom stereocenters. The van der Waals surface area contributed by atoms with Crippen molar-refractivity contribution in [2.75, 3.05) is 48.2 Å². The summed E-state index contributed by atoms with van der Waals surface area (Å²) in [6.45, 7) is 2.41. The first-order chi connectivity index (χ1) is 8.08. The molecular formula is C13H31IN3PZr. The van der Waals surface area contributed by atoms with Crippen LogP contribution >= 0.6 is 30.5 Å². The first kappa shape index (κ1) is 29.0. The van der Waals surface area contributed by atoms with Gasteiger partial charge in [-0.25, -0.2) is 0 Å². The predicted molar refractivity (Wildman–Crippen MR) is 99.3 cm³/mol. The zero-order valence-electron chi connectivity index (χ0n) is 13.6. The summed E-state index contributed by atoms with van der Waals surface area (Å²) in [6, 6.07) is 0. The molecule has 3 unspecified atom stereocenters. The number of halogens is 1. The molecule has 1 saturated carbocycles. The van der Waals surface area contributed by atoms with Gasteiger partial charge in [-0.3, -0.25) is 0 Å². The van der Waals surface area contributed by atoms with Crippen LogP contribution in [0, 0.1) is 7.43 Å². The van der Waals surface area contributed by atoms with Crippen LogP contribution in [0.3, 0.4) is 0 Å². The number of hydrogen-bond donors (Lipinski definition) is 0.